The number of benzene rings is 2. The molecule has 0 amide bonds. The van der Waals surface area contributed by atoms with Gasteiger partial charge in [-0.05, 0) is 29.8 Å². The summed E-state index contributed by atoms with van der Waals surface area (Å²) in [7, 11) is 0. The molecule has 2 aliphatic rings. The van der Waals surface area contributed by atoms with E-state index in [1.165, 1.54) is 11.3 Å². The van der Waals surface area contributed by atoms with Crippen LogP contribution in [0.15, 0.2) is 60.8 Å². The van der Waals surface area contributed by atoms with E-state index in [9.17, 15) is 0 Å². The second-order valence-electron chi connectivity index (χ2n) is 7.17. The molecule has 2 aromatic carbocycles. The van der Waals surface area contributed by atoms with Crippen LogP contribution in [-0.4, -0.2) is 31.3 Å². The molecule has 1 spiro atoms. The minimum Gasteiger partial charge on any atom is -0.489 e. The highest BCUT2D eigenvalue weighted by molar-refractivity contribution is 5.83. The zero-order valence-corrected chi connectivity index (χ0v) is 14.0. The molecule has 1 aromatic heterocycles. The molecule has 0 radical (unpaired) electrons. The van der Waals surface area contributed by atoms with E-state index in [1.54, 1.807) is 0 Å². The SMILES string of the molecule is c1ccc(COc2ccc3ncc(N4CC5(COC5)C4)cc3c2)cc1. The molecular formula is C21H20N2O2. The van der Waals surface area contributed by atoms with Crippen molar-refractivity contribution in [1.82, 2.24) is 4.98 Å². The van der Waals surface area contributed by atoms with E-state index in [2.05, 4.69) is 34.1 Å². The van der Waals surface area contributed by atoms with Crippen molar-refractivity contribution in [1.29, 1.82) is 0 Å². The molecule has 2 fully saturated rings. The van der Waals surface area contributed by atoms with Crippen molar-refractivity contribution in [2.24, 2.45) is 5.41 Å². The van der Waals surface area contributed by atoms with Gasteiger partial charge in [-0.25, -0.2) is 0 Å². The molecule has 0 aliphatic carbocycles. The van der Waals surface area contributed by atoms with E-state index in [-0.39, 0.29) is 0 Å². The van der Waals surface area contributed by atoms with Gasteiger partial charge in [0.15, 0.2) is 0 Å². The van der Waals surface area contributed by atoms with Crippen LogP contribution >= 0.6 is 0 Å². The van der Waals surface area contributed by atoms with Crippen molar-refractivity contribution in [2.75, 3.05) is 31.2 Å². The number of ether oxygens (including phenoxy) is 2. The first kappa shape index (κ1) is 14.7. The summed E-state index contributed by atoms with van der Waals surface area (Å²) in [6.07, 6.45) is 1.97. The molecule has 2 saturated heterocycles. The Balaban J connectivity index is 1.33. The monoisotopic (exact) mass is 332 g/mol. The van der Waals surface area contributed by atoms with E-state index >= 15 is 0 Å². The minimum atomic E-state index is 0.412. The van der Waals surface area contributed by atoms with Gasteiger partial charge in [-0.1, -0.05) is 30.3 Å². The molecule has 0 bridgehead atoms. The molecule has 0 unspecified atom stereocenters. The van der Waals surface area contributed by atoms with Crippen molar-refractivity contribution < 1.29 is 9.47 Å². The fourth-order valence-corrected chi connectivity index (χ4v) is 3.62. The average Bonchev–Trinajstić information content (AvgIpc) is 2.58. The van der Waals surface area contributed by atoms with Gasteiger partial charge in [-0.15, -0.1) is 0 Å². The van der Waals surface area contributed by atoms with E-state index in [0.717, 1.165) is 43.0 Å². The quantitative estimate of drug-likeness (QED) is 0.730. The van der Waals surface area contributed by atoms with Gasteiger partial charge in [-0.2, -0.15) is 0 Å². The third-order valence-corrected chi connectivity index (χ3v) is 5.12. The molecule has 4 nitrogen and oxygen atoms in total. The van der Waals surface area contributed by atoms with Gasteiger partial charge in [0.1, 0.15) is 12.4 Å². The minimum absolute atomic E-state index is 0.412. The van der Waals surface area contributed by atoms with Crippen LogP contribution in [-0.2, 0) is 11.3 Å². The highest BCUT2D eigenvalue weighted by Crippen LogP contribution is 2.40. The van der Waals surface area contributed by atoms with Gasteiger partial charge in [0.05, 0.1) is 36.0 Å². The standard InChI is InChI=1S/C21H20N2O2/c1-2-4-16(5-3-1)11-25-19-6-7-20-17(9-19)8-18(10-22-20)23-12-21(13-23)14-24-15-21/h1-10H,11-15H2. The Kier molecular flexibility index (Phi) is 3.38. The van der Waals surface area contributed by atoms with Crippen molar-refractivity contribution in [2.45, 2.75) is 6.61 Å². The third kappa shape index (κ3) is 2.72. The number of aromatic nitrogens is 1. The summed E-state index contributed by atoms with van der Waals surface area (Å²) in [5.74, 6) is 0.878. The van der Waals surface area contributed by atoms with Crippen molar-refractivity contribution >= 4 is 16.6 Å². The predicted octanol–water partition coefficient (Wildman–Crippen LogP) is 3.65. The average molecular weight is 332 g/mol. The molecule has 3 aromatic rings. The molecular weight excluding hydrogens is 312 g/mol. The summed E-state index contributed by atoms with van der Waals surface area (Å²) < 4.78 is 11.3. The number of hydrogen-bond donors (Lipinski definition) is 0. The van der Waals surface area contributed by atoms with Crippen LogP contribution in [0.3, 0.4) is 0 Å². The smallest absolute Gasteiger partial charge is 0.120 e. The first-order valence-electron chi connectivity index (χ1n) is 8.69. The molecule has 4 heteroatoms. The summed E-state index contributed by atoms with van der Waals surface area (Å²) >= 11 is 0. The Morgan fingerprint density at radius 2 is 1.88 bits per heavy atom. The van der Waals surface area contributed by atoms with Crippen LogP contribution in [0.2, 0.25) is 0 Å². The highest BCUT2D eigenvalue weighted by Gasteiger charge is 2.49. The van der Waals surface area contributed by atoms with Crippen LogP contribution in [0, 0.1) is 5.41 Å². The van der Waals surface area contributed by atoms with E-state index < -0.39 is 0 Å². The predicted molar refractivity (Wildman–Crippen MR) is 98.0 cm³/mol. The molecule has 3 heterocycles. The molecule has 2 aliphatic heterocycles. The fourth-order valence-electron chi connectivity index (χ4n) is 3.62. The Bertz CT molecular complexity index is 898. The molecule has 126 valence electrons. The highest BCUT2D eigenvalue weighted by atomic mass is 16.5. The Morgan fingerprint density at radius 1 is 1.04 bits per heavy atom. The zero-order valence-electron chi connectivity index (χ0n) is 14.0. The largest absolute Gasteiger partial charge is 0.489 e. The first-order valence-corrected chi connectivity index (χ1v) is 8.69. The molecule has 0 N–H and O–H groups in total. The van der Waals surface area contributed by atoms with E-state index in [0.29, 0.717) is 12.0 Å². The second kappa shape index (κ2) is 5.74. The molecule has 0 saturated carbocycles. The fraction of sp³-hybridized carbons (Fsp3) is 0.286. The number of nitrogens with zero attached hydrogens (tertiary/aromatic N) is 2. The Morgan fingerprint density at radius 3 is 2.64 bits per heavy atom. The Hall–Kier alpha value is -2.59. The van der Waals surface area contributed by atoms with Crippen LogP contribution < -0.4 is 9.64 Å². The maximum Gasteiger partial charge on any atom is 0.120 e. The summed E-state index contributed by atoms with van der Waals surface area (Å²) in [4.78, 5) is 6.99. The summed E-state index contributed by atoms with van der Waals surface area (Å²) in [5.41, 5.74) is 3.77. The maximum atomic E-state index is 5.94. The van der Waals surface area contributed by atoms with Crippen molar-refractivity contribution in [3.05, 3.63) is 66.4 Å². The molecule has 25 heavy (non-hydrogen) atoms. The summed E-state index contributed by atoms with van der Waals surface area (Å²) in [6, 6.07) is 18.5. The van der Waals surface area contributed by atoms with Gasteiger partial charge in [0, 0.05) is 18.5 Å². The van der Waals surface area contributed by atoms with Crippen LogP contribution in [0.1, 0.15) is 5.56 Å². The number of anilines is 1. The first-order chi connectivity index (χ1) is 12.3. The van der Waals surface area contributed by atoms with Crippen molar-refractivity contribution in [3.63, 3.8) is 0 Å². The van der Waals surface area contributed by atoms with Crippen LogP contribution in [0.4, 0.5) is 5.69 Å². The lowest BCUT2D eigenvalue weighted by Crippen LogP contribution is -2.66. The number of hydrogen-bond acceptors (Lipinski definition) is 4. The second-order valence-corrected chi connectivity index (χ2v) is 7.17. The summed E-state index contributed by atoms with van der Waals surface area (Å²) in [5, 5.41) is 1.12. The van der Waals surface area contributed by atoms with Gasteiger partial charge >= 0.3 is 0 Å². The maximum absolute atomic E-state index is 5.94. The lowest BCUT2D eigenvalue weighted by Gasteiger charge is -2.55. The van der Waals surface area contributed by atoms with Gasteiger partial charge in [0.25, 0.3) is 0 Å². The van der Waals surface area contributed by atoms with Gasteiger partial charge in [-0.3, -0.25) is 4.98 Å². The summed E-state index contributed by atoms with van der Waals surface area (Å²) in [6.45, 7) is 4.53. The number of pyridine rings is 1. The van der Waals surface area contributed by atoms with Crippen LogP contribution in [0.25, 0.3) is 10.9 Å². The van der Waals surface area contributed by atoms with Crippen LogP contribution in [0.5, 0.6) is 5.75 Å². The lowest BCUT2D eigenvalue weighted by atomic mass is 9.78. The van der Waals surface area contributed by atoms with Gasteiger partial charge < -0.3 is 14.4 Å². The molecule has 0 atom stereocenters. The topological polar surface area (TPSA) is 34.6 Å². The molecule has 5 rings (SSSR count). The van der Waals surface area contributed by atoms with Gasteiger partial charge in [0.2, 0.25) is 0 Å². The van der Waals surface area contributed by atoms with E-state index in [4.69, 9.17) is 9.47 Å². The number of rotatable bonds is 4. The zero-order chi connectivity index (χ0) is 16.7. The van der Waals surface area contributed by atoms with E-state index in [1.807, 2.05) is 36.5 Å². The normalized spacial score (nSPS) is 18.0. The number of fused-ring (bicyclic) bond motifs is 1. The lowest BCUT2D eigenvalue weighted by molar-refractivity contribution is -0.127. The Labute approximate surface area is 147 Å². The van der Waals surface area contributed by atoms with Crippen molar-refractivity contribution in [3.8, 4) is 5.75 Å². The third-order valence-electron chi connectivity index (χ3n) is 5.12.